The topological polar surface area (TPSA) is 71.1 Å². The second-order valence-corrected chi connectivity index (χ2v) is 13.5. The third-order valence-electron chi connectivity index (χ3n) is 6.56. The van der Waals surface area contributed by atoms with Crippen LogP contribution in [-0.2, 0) is 27.2 Å². The lowest BCUT2D eigenvalue weighted by atomic mass is 10.1. The highest BCUT2D eigenvalue weighted by molar-refractivity contribution is 7.64. The first-order chi connectivity index (χ1) is 16.4. The zero-order valence-electron chi connectivity index (χ0n) is 21.1. The third kappa shape index (κ3) is 6.36. The van der Waals surface area contributed by atoms with Gasteiger partial charge in [-0.05, 0) is 114 Å². The van der Waals surface area contributed by atoms with Gasteiger partial charge in [0.25, 0.3) is 0 Å². The second kappa shape index (κ2) is 11.2. The van der Waals surface area contributed by atoms with Crippen molar-refractivity contribution in [1.82, 2.24) is 0 Å². The highest BCUT2D eigenvalue weighted by Gasteiger charge is 2.46. The molecule has 0 aliphatic heterocycles. The summed E-state index contributed by atoms with van der Waals surface area (Å²) in [7, 11) is -7.69. The Balaban J connectivity index is 2.02. The van der Waals surface area contributed by atoms with Gasteiger partial charge < -0.3 is 18.1 Å². The van der Waals surface area contributed by atoms with Crippen molar-refractivity contribution in [2.75, 3.05) is 26.4 Å². The van der Waals surface area contributed by atoms with E-state index in [2.05, 4.69) is 11.5 Å². The van der Waals surface area contributed by atoms with Crippen LogP contribution in [0.2, 0.25) is 0 Å². The Morgan fingerprint density at radius 2 is 0.794 bits per heavy atom. The number of hydrogen-bond acceptors (Lipinski definition) is 6. The summed E-state index contributed by atoms with van der Waals surface area (Å²) < 4.78 is 51.9. The van der Waals surface area contributed by atoms with Crippen LogP contribution in [0.25, 0.3) is 0 Å². The van der Waals surface area contributed by atoms with Crippen molar-refractivity contribution in [3.63, 3.8) is 0 Å². The number of allylic oxidation sites excluding steroid dienone is 2. The fourth-order valence-corrected chi connectivity index (χ4v) is 8.38. The molecule has 4 aliphatic carbocycles. The van der Waals surface area contributed by atoms with E-state index in [1.54, 1.807) is 27.7 Å². The zero-order valence-corrected chi connectivity index (χ0v) is 22.9. The summed E-state index contributed by atoms with van der Waals surface area (Å²) >= 11 is 0. The lowest BCUT2D eigenvalue weighted by Gasteiger charge is -2.24. The average molecular weight is 511 g/mol. The summed E-state index contributed by atoms with van der Waals surface area (Å²) in [4.78, 5) is 0. The minimum absolute atomic E-state index is 0.202. The maximum Gasteiger partial charge on any atom is 0.370 e. The van der Waals surface area contributed by atoms with E-state index < -0.39 is 15.2 Å². The van der Waals surface area contributed by atoms with Crippen molar-refractivity contribution < 1.29 is 27.2 Å². The molecule has 0 bridgehead atoms. The molecule has 4 rings (SSSR count). The average Bonchev–Trinajstić information content (AvgIpc) is 3.65. The van der Waals surface area contributed by atoms with Gasteiger partial charge in [0.15, 0.2) is 0 Å². The smallest absolute Gasteiger partial charge is 0.305 e. The highest BCUT2D eigenvalue weighted by Crippen LogP contribution is 2.69. The van der Waals surface area contributed by atoms with Crippen molar-refractivity contribution >= 4 is 15.2 Å². The first-order valence-corrected chi connectivity index (χ1v) is 16.3. The summed E-state index contributed by atoms with van der Waals surface area (Å²) in [6.07, 6.45) is 8.88. The molecule has 0 amide bonds. The summed E-state index contributed by atoms with van der Waals surface area (Å²) in [6, 6.07) is 0. The van der Waals surface area contributed by atoms with Crippen molar-refractivity contribution in [3.8, 4) is 0 Å². The van der Waals surface area contributed by atoms with Gasteiger partial charge in [-0.25, -0.2) is 0 Å². The quantitative estimate of drug-likeness (QED) is 0.126. The van der Waals surface area contributed by atoms with Crippen LogP contribution >= 0.6 is 15.2 Å². The van der Waals surface area contributed by atoms with Gasteiger partial charge in [0.2, 0.25) is 0 Å². The molecule has 8 heteroatoms. The Hall–Kier alpha value is -0.660. The van der Waals surface area contributed by atoms with Crippen LogP contribution in [0, 0.1) is 23.7 Å². The van der Waals surface area contributed by atoms with E-state index in [0.717, 1.165) is 62.5 Å². The monoisotopic (exact) mass is 510 g/mol. The van der Waals surface area contributed by atoms with E-state index in [1.807, 2.05) is 0 Å². The molecule has 0 atom stereocenters. The zero-order chi connectivity index (χ0) is 24.3. The molecule has 0 aromatic carbocycles. The minimum atomic E-state index is -3.84. The molecule has 6 nitrogen and oxygen atoms in total. The second-order valence-electron chi connectivity index (χ2n) is 9.62. The molecule has 4 saturated carbocycles. The van der Waals surface area contributed by atoms with E-state index in [9.17, 15) is 9.13 Å². The Kier molecular flexibility index (Phi) is 8.67. The SMILES string of the molecule is CCOP(=O)(OCC)C(=C=C(C1CC1)C1CC1)C(=C=C(C1CC1)C1CC1)P(=O)(OCC)OCC. The van der Waals surface area contributed by atoms with Crippen molar-refractivity contribution in [2.24, 2.45) is 23.7 Å². The molecule has 4 fully saturated rings. The molecule has 4 aliphatic rings. The largest absolute Gasteiger partial charge is 0.370 e. The van der Waals surface area contributed by atoms with Gasteiger partial charge in [-0.3, -0.25) is 9.13 Å². The minimum Gasteiger partial charge on any atom is -0.305 e. The van der Waals surface area contributed by atoms with E-state index in [1.165, 1.54) is 0 Å². The number of rotatable bonds is 15. The van der Waals surface area contributed by atoms with Gasteiger partial charge >= 0.3 is 15.2 Å². The molecular weight excluding hydrogens is 470 g/mol. The molecule has 0 aromatic heterocycles. The fraction of sp³-hybridized carbons (Fsp3) is 0.769. The van der Waals surface area contributed by atoms with Crippen molar-refractivity contribution in [1.29, 1.82) is 0 Å². The van der Waals surface area contributed by atoms with Crippen LogP contribution in [0.1, 0.15) is 79.1 Å². The Bertz CT molecular complexity index is 857. The summed E-state index contributed by atoms with van der Waals surface area (Å²) in [5, 5.41) is 0.433. The molecule has 0 N–H and O–H groups in total. The first-order valence-electron chi connectivity index (χ1n) is 13.2. The Morgan fingerprint density at radius 1 is 0.559 bits per heavy atom. The predicted molar refractivity (Wildman–Crippen MR) is 134 cm³/mol. The van der Waals surface area contributed by atoms with Gasteiger partial charge in [0, 0.05) is 0 Å². The molecule has 0 spiro atoms. The van der Waals surface area contributed by atoms with Gasteiger partial charge in [-0.15, -0.1) is 11.5 Å². The maximum atomic E-state index is 14.3. The van der Waals surface area contributed by atoms with Crippen LogP contribution in [0.4, 0.5) is 0 Å². The maximum absolute atomic E-state index is 14.3. The van der Waals surface area contributed by atoms with Crippen LogP contribution in [0.3, 0.4) is 0 Å². The standard InChI is InChI=1S/C26H40O6P2/c1-5-29-33(27,30-6-2)25(17-23(19-9-10-19)20-11-12-20)26(34(28,31-7-3)32-8-4)18-24(21-13-14-21)22-15-16-22/h19-22H,5-16H2,1-4H3. The van der Waals surface area contributed by atoms with Crippen LogP contribution in [-0.4, -0.2) is 26.4 Å². The van der Waals surface area contributed by atoms with Gasteiger partial charge in [-0.2, -0.15) is 0 Å². The lowest BCUT2D eigenvalue weighted by molar-refractivity contribution is 0.220. The highest BCUT2D eigenvalue weighted by atomic mass is 31.2. The Labute approximate surface area is 204 Å². The van der Waals surface area contributed by atoms with E-state index in [0.29, 0.717) is 23.7 Å². The third-order valence-corrected chi connectivity index (χ3v) is 10.9. The van der Waals surface area contributed by atoms with E-state index in [-0.39, 0.29) is 37.1 Å². The van der Waals surface area contributed by atoms with Crippen LogP contribution in [0.15, 0.2) is 33.2 Å². The predicted octanol–water partition coefficient (Wildman–Crippen LogP) is 7.98. The summed E-state index contributed by atoms with van der Waals surface area (Å²) in [5.41, 5.74) is 9.34. The molecule has 190 valence electrons. The van der Waals surface area contributed by atoms with Crippen LogP contribution < -0.4 is 0 Å². The molecule has 0 heterocycles. The molecule has 34 heavy (non-hydrogen) atoms. The first kappa shape index (κ1) is 26.4. The lowest BCUT2D eigenvalue weighted by Crippen LogP contribution is -2.06. The van der Waals surface area contributed by atoms with Gasteiger partial charge in [-0.1, -0.05) is 0 Å². The van der Waals surface area contributed by atoms with E-state index in [4.69, 9.17) is 18.1 Å². The van der Waals surface area contributed by atoms with Crippen molar-refractivity contribution in [2.45, 2.75) is 79.1 Å². The van der Waals surface area contributed by atoms with Gasteiger partial charge in [0.05, 0.1) is 26.4 Å². The fourth-order valence-electron chi connectivity index (χ4n) is 4.45. The van der Waals surface area contributed by atoms with Crippen molar-refractivity contribution in [3.05, 3.63) is 33.2 Å². The summed E-state index contributed by atoms with van der Waals surface area (Å²) in [6.45, 7) is 7.97. The Morgan fingerprint density at radius 3 is 0.971 bits per heavy atom. The molecule has 0 aromatic rings. The molecule has 0 radical (unpaired) electrons. The summed E-state index contributed by atoms with van der Waals surface area (Å²) in [5.74, 6) is 1.76. The van der Waals surface area contributed by atoms with E-state index >= 15 is 0 Å². The number of hydrogen-bond donors (Lipinski definition) is 0. The normalized spacial score (nSPS) is 20.5. The van der Waals surface area contributed by atoms with Gasteiger partial charge in [0.1, 0.15) is 10.6 Å². The molecule has 0 unspecified atom stereocenters. The molecular formula is C26H40O6P2. The molecule has 0 saturated heterocycles. The van der Waals surface area contributed by atoms with Crippen LogP contribution in [0.5, 0.6) is 0 Å².